The number of anilines is 1. The Hall–Kier alpha value is -2.70. The van der Waals surface area contributed by atoms with Gasteiger partial charge in [0.15, 0.2) is 0 Å². The maximum Gasteiger partial charge on any atom is 0.255 e. The quantitative estimate of drug-likeness (QED) is 0.657. The summed E-state index contributed by atoms with van der Waals surface area (Å²) in [4.78, 5) is 25.0. The van der Waals surface area contributed by atoms with Crippen molar-refractivity contribution >= 4 is 17.5 Å². The number of β-amino-alcohol motifs (C(OH)–C–C–N with tert-alkyl or cyclic N) is 1. The Kier molecular flexibility index (Phi) is 5.65. The number of nitrogens with one attached hydrogen (secondary N) is 3. The highest BCUT2D eigenvalue weighted by Crippen LogP contribution is 2.17. The van der Waals surface area contributed by atoms with E-state index in [2.05, 4.69) is 16.0 Å². The molecule has 0 aromatic heterocycles. The Bertz CT molecular complexity index is 806. The zero-order chi connectivity index (χ0) is 18.5. The summed E-state index contributed by atoms with van der Waals surface area (Å²) in [5, 5.41) is 18.6. The Morgan fingerprint density at radius 2 is 1.92 bits per heavy atom. The van der Waals surface area contributed by atoms with E-state index in [1.165, 1.54) is 0 Å². The predicted octanol–water partition coefficient (Wildman–Crippen LogP) is 1.56. The topological polar surface area (TPSA) is 90.5 Å². The number of para-hydroxylation sites is 1. The average Bonchev–Trinajstić information content (AvgIpc) is 3.05. The number of carbonyl (C=O) groups is 2. The Labute approximate surface area is 152 Å². The van der Waals surface area contributed by atoms with Gasteiger partial charge in [0.2, 0.25) is 0 Å². The highest BCUT2D eigenvalue weighted by atomic mass is 16.3. The second-order valence-corrected chi connectivity index (χ2v) is 6.56. The van der Waals surface area contributed by atoms with Crippen molar-refractivity contribution in [2.75, 3.05) is 25.0 Å². The molecule has 3 rings (SSSR count). The first-order chi connectivity index (χ1) is 12.5. The van der Waals surface area contributed by atoms with Gasteiger partial charge in [0.25, 0.3) is 11.8 Å². The van der Waals surface area contributed by atoms with E-state index in [1.54, 1.807) is 36.4 Å². The van der Waals surface area contributed by atoms with Gasteiger partial charge in [0, 0.05) is 31.1 Å². The summed E-state index contributed by atoms with van der Waals surface area (Å²) in [6, 6.07) is 14.2. The molecule has 0 aliphatic carbocycles. The fourth-order valence-electron chi connectivity index (χ4n) is 3.02. The SMILES string of the molecule is Cc1cccc(C(=O)Nc2ccccc2C(=O)NCC2CNCC2O)c1. The van der Waals surface area contributed by atoms with Crippen LogP contribution in [0.5, 0.6) is 0 Å². The number of amides is 2. The van der Waals surface area contributed by atoms with E-state index in [-0.39, 0.29) is 17.7 Å². The summed E-state index contributed by atoms with van der Waals surface area (Å²) >= 11 is 0. The van der Waals surface area contributed by atoms with E-state index in [0.29, 0.717) is 36.4 Å². The third-order valence-corrected chi connectivity index (χ3v) is 4.53. The molecule has 0 radical (unpaired) electrons. The number of hydrogen-bond donors (Lipinski definition) is 4. The number of carbonyl (C=O) groups excluding carboxylic acids is 2. The molecule has 2 aromatic carbocycles. The summed E-state index contributed by atoms with van der Waals surface area (Å²) in [6.07, 6.45) is -0.452. The maximum absolute atomic E-state index is 12.5. The first-order valence-corrected chi connectivity index (χ1v) is 8.68. The van der Waals surface area contributed by atoms with Crippen LogP contribution in [0, 0.1) is 12.8 Å². The van der Waals surface area contributed by atoms with Crippen molar-refractivity contribution in [3.05, 3.63) is 65.2 Å². The van der Waals surface area contributed by atoms with E-state index in [0.717, 1.165) is 5.56 Å². The fourth-order valence-corrected chi connectivity index (χ4v) is 3.02. The number of aliphatic hydroxyl groups is 1. The van der Waals surface area contributed by atoms with Gasteiger partial charge in [0.1, 0.15) is 0 Å². The molecule has 6 nitrogen and oxygen atoms in total. The third kappa shape index (κ3) is 4.28. The third-order valence-electron chi connectivity index (χ3n) is 4.53. The zero-order valence-electron chi connectivity index (χ0n) is 14.7. The highest BCUT2D eigenvalue weighted by molar-refractivity contribution is 6.09. The second-order valence-electron chi connectivity index (χ2n) is 6.56. The van der Waals surface area contributed by atoms with E-state index in [9.17, 15) is 14.7 Å². The molecule has 1 fully saturated rings. The van der Waals surface area contributed by atoms with Crippen molar-refractivity contribution in [2.45, 2.75) is 13.0 Å². The van der Waals surface area contributed by atoms with Gasteiger partial charge in [-0.3, -0.25) is 9.59 Å². The minimum Gasteiger partial charge on any atom is -0.391 e. The van der Waals surface area contributed by atoms with Gasteiger partial charge in [-0.05, 0) is 31.2 Å². The fraction of sp³-hybridized carbons (Fsp3) is 0.300. The molecule has 1 aliphatic heterocycles. The number of aryl methyl sites for hydroxylation is 1. The molecular weight excluding hydrogens is 330 g/mol. The van der Waals surface area contributed by atoms with Crippen LogP contribution in [0.3, 0.4) is 0 Å². The summed E-state index contributed by atoms with van der Waals surface area (Å²) in [5.41, 5.74) is 2.39. The molecule has 136 valence electrons. The van der Waals surface area contributed by atoms with Crippen molar-refractivity contribution in [3.8, 4) is 0 Å². The Morgan fingerprint density at radius 3 is 2.65 bits per heavy atom. The molecule has 0 saturated carbocycles. The second kappa shape index (κ2) is 8.12. The number of hydrogen-bond acceptors (Lipinski definition) is 4. The molecule has 26 heavy (non-hydrogen) atoms. The van der Waals surface area contributed by atoms with Crippen molar-refractivity contribution < 1.29 is 14.7 Å². The normalized spacial score (nSPS) is 19.2. The number of benzene rings is 2. The van der Waals surface area contributed by atoms with Crippen LogP contribution in [0.25, 0.3) is 0 Å². The van der Waals surface area contributed by atoms with E-state index in [1.807, 2.05) is 19.1 Å². The molecule has 2 amide bonds. The molecule has 6 heteroatoms. The lowest BCUT2D eigenvalue weighted by Crippen LogP contribution is -2.34. The minimum atomic E-state index is -0.452. The number of aliphatic hydroxyl groups excluding tert-OH is 1. The smallest absolute Gasteiger partial charge is 0.255 e. The lowest BCUT2D eigenvalue weighted by molar-refractivity contribution is 0.0928. The summed E-state index contributed by atoms with van der Waals surface area (Å²) in [5.74, 6) is -0.540. The van der Waals surface area contributed by atoms with Crippen LogP contribution in [0.4, 0.5) is 5.69 Å². The van der Waals surface area contributed by atoms with Gasteiger partial charge in [-0.25, -0.2) is 0 Å². The monoisotopic (exact) mass is 353 g/mol. The highest BCUT2D eigenvalue weighted by Gasteiger charge is 2.25. The molecule has 1 heterocycles. The minimum absolute atomic E-state index is 0.00648. The largest absolute Gasteiger partial charge is 0.391 e. The zero-order valence-corrected chi connectivity index (χ0v) is 14.7. The molecule has 0 spiro atoms. The van der Waals surface area contributed by atoms with Crippen molar-refractivity contribution in [2.24, 2.45) is 5.92 Å². The van der Waals surface area contributed by atoms with Gasteiger partial charge >= 0.3 is 0 Å². The lowest BCUT2D eigenvalue weighted by Gasteiger charge is -2.16. The first-order valence-electron chi connectivity index (χ1n) is 8.68. The molecule has 2 aromatic rings. The Balaban J connectivity index is 1.69. The molecule has 1 aliphatic rings. The number of rotatable bonds is 5. The van der Waals surface area contributed by atoms with E-state index in [4.69, 9.17) is 0 Å². The molecule has 2 unspecified atom stereocenters. The Morgan fingerprint density at radius 1 is 1.12 bits per heavy atom. The van der Waals surface area contributed by atoms with E-state index >= 15 is 0 Å². The summed E-state index contributed by atoms with van der Waals surface area (Å²) in [6.45, 7) is 3.52. The molecule has 0 bridgehead atoms. The van der Waals surface area contributed by atoms with Crippen LogP contribution in [0.15, 0.2) is 48.5 Å². The molecular formula is C20H23N3O3. The average molecular weight is 353 g/mol. The van der Waals surface area contributed by atoms with Gasteiger partial charge in [-0.1, -0.05) is 29.8 Å². The molecule has 1 saturated heterocycles. The first kappa shape index (κ1) is 18.1. The van der Waals surface area contributed by atoms with Crippen molar-refractivity contribution in [1.29, 1.82) is 0 Å². The standard InChI is InChI=1S/C20H23N3O3/c1-13-5-4-6-14(9-13)19(25)23-17-8-3-2-7-16(17)20(26)22-11-15-10-21-12-18(15)24/h2-9,15,18,21,24H,10-12H2,1H3,(H,22,26)(H,23,25). The predicted molar refractivity (Wildman–Crippen MR) is 100 cm³/mol. The van der Waals surface area contributed by atoms with Crippen molar-refractivity contribution in [1.82, 2.24) is 10.6 Å². The van der Waals surface area contributed by atoms with Gasteiger partial charge < -0.3 is 21.1 Å². The van der Waals surface area contributed by atoms with E-state index < -0.39 is 6.10 Å². The summed E-state index contributed by atoms with van der Waals surface area (Å²) < 4.78 is 0. The van der Waals surface area contributed by atoms with Gasteiger partial charge in [-0.2, -0.15) is 0 Å². The maximum atomic E-state index is 12.5. The van der Waals surface area contributed by atoms with Gasteiger partial charge in [-0.15, -0.1) is 0 Å². The summed E-state index contributed by atoms with van der Waals surface area (Å²) in [7, 11) is 0. The van der Waals surface area contributed by atoms with Crippen LogP contribution in [0.2, 0.25) is 0 Å². The van der Waals surface area contributed by atoms with Crippen LogP contribution in [-0.2, 0) is 0 Å². The lowest BCUT2D eigenvalue weighted by atomic mass is 10.1. The van der Waals surface area contributed by atoms with Crippen LogP contribution >= 0.6 is 0 Å². The molecule has 4 N–H and O–H groups in total. The van der Waals surface area contributed by atoms with Gasteiger partial charge in [0.05, 0.1) is 17.4 Å². The van der Waals surface area contributed by atoms with Crippen LogP contribution in [0.1, 0.15) is 26.3 Å². The van der Waals surface area contributed by atoms with Crippen LogP contribution in [-0.4, -0.2) is 42.7 Å². The molecule has 2 atom stereocenters. The van der Waals surface area contributed by atoms with Crippen LogP contribution < -0.4 is 16.0 Å². The van der Waals surface area contributed by atoms with Crippen molar-refractivity contribution in [3.63, 3.8) is 0 Å².